The summed E-state index contributed by atoms with van der Waals surface area (Å²) in [5.41, 5.74) is 2.39. The first-order valence-corrected chi connectivity index (χ1v) is 7.64. The molecule has 1 aromatic rings. The van der Waals surface area contributed by atoms with E-state index in [-0.39, 0.29) is 17.9 Å². The number of piperidine rings is 1. The zero-order valence-corrected chi connectivity index (χ0v) is 13.3. The van der Waals surface area contributed by atoms with Gasteiger partial charge in [-0.3, -0.25) is 4.79 Å². The van der Waals surface area contributed by atoms with Crippen molar-refractivity contribution in [3.63, 3.8) is 0 Å². The van der Waals surface area contributed by atoms with Crippen LogP contribution < -0.4 is 0 Å². The largest absolute Gasteiger partial charge is 0.462 e. The van der Waals surface area contributed by atoms with E-state index in [9.17, 15) is 9.59 Å². The normalized spacial score (nSPS) is 18.7. The lowest BCUT2D eigenvalue weighted by Crippen LogP contribution is -2.42. The maximum Gasteiger partial charge on any atom is 0.340 e. The Morgan fingerprint density at radius 1 is 1.33 bits per heavy atom. The standard InChI is InChI=1S/C16H24N2O3/c1-5-21-16(20)13-11(3)14(17-12(13)4)15(19)18-9-7-6-8-10(18)2/h10,17H,5-9H2,1-4H3/t10-/m1/s1. The monoisotopic (exact) mass is 292 g/mol. The molecule has 0 aromatic carbocycles. The molecular weight excluding hydrogens is 268 g/mol. The third kappa shape index (κ3) is 2.96. The summed E-state index contributed by atoms with van der Waals surface area (Å²) in [6.07, 6.45) is 3.25. The fraction of sp³-hybridized carbons (Fsp3) is 0.625. The first kappa shape index (κ1) is 15.6. The quantitative estimate of drug-likeness (QED) is 0.871. The van der Waals surface area contributed by atoms with Gasteiger partial charge in [-0.15, -0.1) is 0 Å². The van der Waals surface area contributed by atoms with Gasteiger partial charge in [0.05, 0.1) is 12.2 Å². The number of carbonyl (C=O) groups excluding carboxylic acids is 2. The van der Waals surface area contributed by atoms with Crippen LogP contribution in [0.25, 0.3) is 0 Å². The van der Waals surface area contributed by atoms with E-state index in [1.807, 2.05) is 4.90 Å². The molecule has 1 fully saturated rings. The number of nitrogens with zero attached hydrogens (tertiary/aromatic N) is 1. The van der Waals surface area contributed by atoms with Crippen molar-refractivity contribution in [1.82, 2.24) is 9.88 Å². The van der Waals surface area contributed by atoms with Gasteiger partial charge in [-0.2, -0.15) is 0 Å². The number of hydrogen-bond acceptors (Lipinski definition) is 3. The van der Waals surface area contributed by atoms with Gasteiger partial charge >= 0.3 is 5.97 Å². The maximum absolute atomic E-state index is 12.7. The van der Waals surface area contributed by atoms with Gasteiger partial charge in [0.1, 0.15) is 5.69 Å². The highest BCUT2D eigenvalue weighted by Gasteiger charge is 2.29. The summed E-state index contributed by atoms with van der Waals surface area (Å²) in [4.78, 5) is 29.7. The fourth-order valence-electron chi connectivity index (χ4n) is 3.02. The summed E-state index contributed by atoms with van der Waals surface area (Å²) >= 11 is 0. The summed E-state index contributed by atoms with van der Waals surface area (Å²) in [6.45, 7) is 8.57. The molecule has 2 rings (SSSR count). The Hall–Kier alpha value is -1.78. The fourth-order valence-corrected chi connectivity index (χ4v) is 3.02. The molecule has 1 aliphatic rings. The number of H-pyrrole nitrogens is 1. The van der Waals surface area contributed by atoms with Crippen LogP contribution in [-0.2, 0) is 4.74 Å². The first-order valence-electron chi connectivity index (χ1n) is 7.64. The van der Waals surface area contributed by atoms with Gasteiger partial charge in [-0.25, -0.2) is 4.79 Å². The molecule has 0 aliphatic carbocycles. The highest BCUT2D eigenvalue weighted by atomic mass is 16.5. The number of esters is 1. The number of aromatic amines is 1. The van der Waals surface area contributed by atoms with Gasteiger partial charge in [0.15, 0.2) is 0 Å². The molecule has 1 N–H and O–H groups in total. The molecule has 0 bridgehead atoms. The molecule has 0 saturated carbocycles. The molecule has 116 valence electrons. The van der Waals surface area contributed by atoms with Crippen molar-refractivity contribution in [1.29, 1.82) is 0 Å². The molecule has 1 aromatic heterocycles. The van der Waals surface area contributed by atoms with E-state index in [1.54, 1.807) is 20.8 Å². The van der Waals surface area contributed by atoms with E-state index < -0.39 is 0 Å². The Labute approximate surface area is 125 Å². The summed E-state index contributed by atoms with van der Waals surface area (Å²) in [5, 5.41) is 0. The van der Waals surface area contributed by atoms with Crippen molar-refractivity contribution in [2.75, 3.05) is 13.2 Å². The van der Waals surface area contributed by atoms with Crippen LogP contribution in [0.15, 0.2) is 0 Å². The second kappa shape index (κ2) is 6.33. The number of nitrogens with one attached hydrogen (secondary N) is 1. The van der Waals surface area contributed by atoms with Crippen molar-refractivity contribution in [2.45, 2.75) is 53.0 Å². The lowest BCUT2D eigenvalue weighted by molar-refractivity contribution is 0.0525. The van der Waals surface area contributed by atoms with Crippen molar-refractivity contribution in [3.8, 4) is 0 Å². The third-order valence-corrected chi connectivity index (χ3v) is 4.19. The van der Waals surface area contributed by atoms with Crippen LogP contribution in [0.5, 0.6) is 0 Å². The highest BCUT2D eigenvalue weighted by molar-refractivity contribution is 6.00. The SMILES string of the molecule is CCOC(=O)c1c(C)[nH]c(C(=O)N2CCCC[C@H]2C)c1C. The van der Waals surface area contributed by atoms with E-state index in [1.165, 1.54) is 6.42 Å². The lowest BCUT2D eigenvalue weighted by atomic mass is 10.0. The zero-order chi connectivity index (χ0) is 15.6. The van der Waals surface area contributed by atoms with Crippen LogP contribution in [0.3, 0.4) is 0 Å². The van der Waals surface area contributed by atoms with Crippen LogP contribution in [0.4, 0.5) is 0 Å². The van der Waals surface area contributed by atoms with Crippen LogP contribution in [-0.4, -0.2) is 41.0 Å². The van der Waals surface area contributed by atoms with Crippen molar-refractivity contribution in [2.24, 2.45) is 0 Å². The number of aryl methyl sites for hydroxylation is 1. The summed E-state index contributed by atoms with van der Waals surface area (Å²) in [7, 11) is 0. The molecule has 1 atom stereocenters. The number of hydrogen-bond donors (Lipinski definition) is 1. The van der Waals surface area contributed by atoms with Crippen LogP contribution in [0.1, 0.15) is 65.2 Å². The molecule has 1 aliphatic heterocycles. The van der Waals surface area contributed by atoms with Crippen molar-refractivity contribution < 1.29 is 14.3 Å². The smallest absolute Gasteiger partial charge is 0.340 e. The topological polar surface area (TPSA) is 62.4 Å². The number of carbonyl (C=O) groups is 2. The second-order valence-corrected chi connectivity index (χ2v) is 5.69. The van der Waals surface area contributed by atoms with Gasteiger partial charge in [-0.05, 0) is 52.5 Å². The number of amides is 1. The minimum atomic E-state index is -0.366. The van der Waals surface area contributed by atoms with Crippen LogP contribution in [0, 0.1) is 13.8 Å². The van der Waals surface area contributed by atoms with Gasteiger partial charge in [-0.1, -0.05) is 0 Å². The molecule has 1 saturated heterocycles. The van der Waals surface area contributed by atoms with E-state index in [2.05, 4.69) is 11.9 Å². The number of ether oxygens (including phenoxy) is 1. The predicted octanol–water partition coefficient (Wildman–Crippen LogP) is 2.82. The summed E-state index contributed by atoms with van der Waals surface area (Å²) in [5.74, 6) is -0.382. The molecule has 21 heavy (non-hydrogen) atoms. The zero-order valence-electron chi connectivity index (χ0n) is 13.3. The summed E-state index contributed by atoms with van der Waals surface area (Å²) in [6, 6.07) is 0.250. The third-order valence-electron chi connectivity index (χ3n) is 4.19. The van der Waals surface area contributed by atoms with Crippen LogP contribution in [0.2, 0.25) is 0 Å². The van der Waals surface area contributed by atoms with Crippen molar-refractivity contribution >= 4 is 11.9 Å². The lowest BCUT2D eigenvalue weighted by Gasteiger charge is -2.33. The molecule has 1 amide bonds. The van der Waals surface area contributed by atoms with Gasteiger partial charge in [0.2, 0.25) is 0 Å². The Kier molecular flexibility index (Phi) is 4.70. The van der Waals surface area contributed by atoms with E-state index in [0.717, 1.165) is 19.4 Å². The van der Waals surface area contributed by atoms with Crippen molar-refractivity contribution in [3.05, 3.63) is 22.5 Å². The minimum Gasteiger partial charge on any atom is -0.462 e. The number of likely N-dealkylation sites (tertiary alicyclic amines) is 1. The maximum atomic E-state index is 12.7. The molecular formula is C16H24N2O3. The van der Waals surface area contributed by atoms with E-state index >= 15 is 0 Å². The Morgan fingerprint density at radius 2 is 2.05 bits per heavy atom. The Morgan fingerprint density at radius 3 is 2.67 bits per heavy atom. The molecule has 5 nitrogen and oxygen atoms in total. The predicted molar refractivity (Wildman–Crippen MR) is 80.6 cm³/mol. The average Bonchev–Trinajstić information content (AvgIpc) is 2.74. The van der Waals surface area contributed by atoms with E-state index in [4.69, 9.17) is 4.74 Å². The summed E-state index contributed by atoms with van der Waals surface area (Å²) < 4.78 is 5.07. The first-order chi connectivity index (χ1) is 9.97. The second-order valence-electron chi connectivity index (χ2n) is 5.69. The molecule has 5 heteroatoms. The average molecular weight is 292 g/mol. The molecule has 0 radical (unpaired) electrons. The van der Waals surface area contributed by atoms with E-state index in [0.29, 0.717) is 29.1 Å². The molecule has 0 unspecified atom stereocenters. The Bertz CT molecular complexity index is 548. The minimum absolute atomic E-state index is 0.0154. The highest BCUT2D eigenvalue weighted by Crippen LogP contribution is 2.24. The molecule has 0 spiro atoms. The number of aromatic nitrogens is 1. The Balaban J connectivity index is 2.30. The van der Waals surface area contributed by atoms with Crippen LogP contribution >= 0.6 is 0 Å². The van der Waals surface area contributed by atoms with Gasteiger partial charge in [0, 0.05) is 18.3 Å². The van der Waals surface area contributed by atoms with Gasteiger partial charge in [0.25, 0.3) is 5.91 Å². The molecule has 2 heterocycles. The van der Waals surface area contributed by atoms with Gasteiger partial charge < -0.3 is 14.6 Å². The number of rotatable bonds is 3.